The second-order valence-electron chi connectivity index (χ2n) is 10.8. The van der Waals surface area contributed by atoms with Gasteiger partial charge < -0.3 is 20.0 Å². The van der Waals surface area contributed by atoms with E-state index >= 15 is 0 Å². The van der Waals surface area contributed by atoms with Crippen molar-refractivity contribution in [2.24, 2.45) is 0 Å². The number of aliphatic hydroxyl groups excluding tert-OH is 1. The third-order valence-corrected chi connectivity index (χ3v) is 9.28. The highest BCUT2D eigenvalue weighted by Gasteiger charge is 2.40. The zero-order valence-corrected chi connectivity index (χ0v) is 27.4. The summed E-state index contributed by atoms with van der Waals surface area (Å²) in [5.41, 5.74) is 2.38. The fourth-order valence-electron chi connectivity index (χ4n) is 5.63. The van der Waals surface area contributed by atoms with Crippen molar-refractivity contribution in [3.8, 4) is 23.1 Å². The van der Waals surface area contributed by atoms with Gasteiger partial charge in [0.15, 0.2) is 12.0 Å². The third kappa shape index (κ3) is 5.47. The molecule has 1 unspecified atom stereocenters. The highest BCUT2D eigenvalue weighted by molar-refractivity contribution is 6.46. The van der Waals surface area contributed by atoms with Gasteiger partial charge in [0, 0.05) is 37.9 Å². The van der Waals surface area contributed by atoms with Crippen molar-refractivity contribution in [2.45, 2.75) is 32.9 Å². The molecule has 0 radical (unpaired) electrons. The first-order valence-electron chi connectivity index (χ1n) is 13.8. The van der Waals surface area contributed by atoms with E-state index in [4.69, 9.17) is 51.4 Å². The number of pyridine rings is 2. The Balaban J connectivity index is 1.82. The van der Waals surface area contributed by atoms with Crippen molar-refractivity contribution < 1.29 is 19.4 Å². The zero-order valence-electron chi connectivity index (χ0n) is 24.4. The Bertz CT molecular complexity index is 1790. The van der Waals surface area contributed by atoms with Gasteiger partial charge in [-0.3, -0.25) is 14.7 Å². The number of phenolic OH excluding ortho intramolecular Hbond substituents is 1. The molecule has 9 nitrogen and oxygen atoms in total. The van der Waals surface area contributed by atoms with Gasteiger partial charge in [-0.05, 0) is 36.6 Å². The monoisotopic (exact) mass is 690 g/mol. The van der Waals surface area contributed by atoms with Crippen LogP contribution in [0, 0.1) is 24.1 Å². The molecule has 234 valence electrons. The molecule has 1 atom stereocenters. The number of carbonyl (C=O) groups excluding carboxylic acids is 1. The number of benzene rings is 1. The molecule has 0 aliphatic carbocycles. The zero-order chi connectivity index (χ0) is 32.9. The highest BCUT2D eigenvalue weighted by Crippen LogP contribution is 2.51. The number of aromatic hydroxyl groups is 1. The standard InChI is InChI=1S/C31H27Cl4FN6O3/c1-5-19(43)40-8-10-41(11-9-40)28-16-12-18(32)26(20-21(33)22(34)24(36)23(35)29(20)44)39-30(16)42(31(45)17(28)13-37)27-15(4)6-7-38-25(27)14(2)3/h5-7,12,14,31,44-45H,1,8-11H2,2-4H3. The van der Waals surface area contributed by atoms with E-state index in [2.05, 4.69) is 17.6 Å². The Labute approximate surface area is 279 Å². The van der Waals surface area contributed by atoms with Crippen LogP contribution in [0.2, 0.25) is 20.1 Å². The first kappa shape index (κ1) is 32.8. The number of hydrogen-bond donors (Lipinski definition) is 2. The van der Waals surface area contributed by atoms with Crippen molar-refractivity contribution in [1.29, 1.82) is 5.26 Å². The van der Waals surface area contributed by atoms with E-state index in [0.29, 0.717) is 48.8 Å². The SMILES string of the molecule is C=CC(=O)N1CCN(C2=C(C#N)C(O)N(c3c(C)ccnc3C(C)C)c3nc(-c4c(O)c(Cl)c(F)c(Cl)c4Cl)c(Cl)cc32)CC1. The molecule has 2 aromatic heterocycles. The Morgan fingerprint density at radius 1 is 1.18 bits per heavy atom. The summed E-state index contributed by atoms with van der Waals surface area (Å²) >= 11 is 25.4. The van der Waals surface area contributed by atoms with Gasteiger partial charge in [0.1, 0.15) is 28.2 Å². The minimum Gasteiger partial charge on any atom is -0.506 e. The van der Waals surface area contributed by atoms with Crippen LogP contribution in [0.3, 0.4) is 0 Å². The predicted molar refractivity (Wildman–Crippen MR) is 173 cm³/mol. The van der Waals surface area contributed by atoms with E-state index in [-0.39, 0.29) is 44.5 Å². The van der Waals surface area contributed by atoms with Crippen molar-refractivity contribution in [1.82, 2.24) is 19.8 Å². The van der Waals surface area contributed by atoms with E-state index in [1.165, 1.54) is 17.0 Å². The Hall–Kier alpha value is -3.59. The van der Waals surface area contributed by atoms with Gasteiger partial charge in [-0.25, -0.2) is 9.37 Å². The number of halogens is 5. The molecule has 14 heteroatoms. The number of piperazine rings is 1. The van der Waals surface area contributed by atoms with E-state index in [0.717, 1.165) is 5.56 Å². The first-order chi connectivity index (χ1) is 21.3. The summed E-state index contributed by atoms with van der Waals surface area (Å²) in [5.74, 6) is -1.98. The number of anilines is 2. The molecule has 2 aliphatic rings. The van der Waals surface area contributed by atoms with Crippen molar-refractivity contribution in [3.63, 3.8) is 0 Å². The van der Waals surface area contributed by atoms with Crippen LogP contribution >= 0.6 is 46.4 Å². The molecule has 1 aromatic carbocycles. The molecule has 3 aromatic rings. The van der Waals surface area contributed by atoms with Crippen LogP contribution < -0.4 is 4.90 Å². The molecule has 1 fully saturated rings. The van der Waals surface area contributed by atoms with Crippen LogP contribution in [0.5, 0.6) is 5.75 Å². The quantitative estimate of drug-likeness (QED) is 0.166. The molecule has 0 saturated carbocycles. The lowest BCUT2D eigenvalue weighted by molar-refractivity contribution is -0.127. The minimum atomic E-state index is -1.53. The maximum absolute atomic E-state index is 14.6. The fraction of sp³-hybridized carbons (Fsp3) is 0.290. The number of aromatic nitrogens is 2. The van der Waals surface area contributed by atoms with Crippen LogP contribution in [0.4, 0.5) is 15.9 Å². The molecule has 1 amide bonds. The number of fused-ring (bicyclic) bond motifs is 1. The summed E-state index contributed by atoms with van der Waals surface area (Å²) in [6, 6.07) is 5.49. The molecule has 0 spiro atoms. The van der Waals surface area contributed by atoms with Gasteiger partial charge >= 0.3 is 0 Å². The summed E-state index contributed by atoms with van der Waals surface area (Å²) in [4.78, 5) is 26.7. The molecule has 45 heavy (non-hydrogen) atoms. The summed E-state index contributed by atoms with van der Waals surface area (Å²) in [6.45, 7) is 10.7. The summed E-state index contributed by atoms with van der Waals surface area (Å²) in [5, 5.41) is 31.7. The lowest BCUT2D eigenvalue weighted by Gasteiger charge is -2.43. The fourth-order valence-corrected chi connectivity index (χ4v) is 6.56. The van der Waals surface area contributed by atoms with Gasteiger partial charge in [-0.2, -0.15) is 5.26 Å². The van der Waals surface area contributed by atoms with Gasteiger partial charge in [0.05, 0.1) is 43.4 Å². The Morgan fingerprint density at radius 3 is 2.44 bits per heavy atom. The van der Waals surface area contributed by atoms with Crippen LogP contribution in [0.15, 0.2) is 36.6 Å². The number of carbonyl (C=O) groups is 1. The summed E-state index contributed by atoms with van der Waals surface area (Å²) in [6.07, 6.45) is 1.37. The lowest BCUT2D eigenvalue weighted by atomic mass is 9.95. The van der Waals surface area contributed by atoms with Crippen molar-refractivity contribution in [3.05, 3.63) is 79.3 Å². The highest BCUT2D eigenvalue weighted by atomic mass is 35.5. The average Bonchev–Trinajstić information content (AvgIpc) is 3.02. The predicted octanol–water partition coefficient (Wildman–Crippen LogP) is 7.07. The molecular weight excluding hydrogens is 665 g/mol. The number of hydrogen-bond acceptors (Lipinski definition) is 8. The van der Waals surface area contributed by atoms with E-state index < -0.39 is 27.8 Å². The molecule has 0 bridgehead atoms. The number of nitrogens with zero attached hydrogens (tertiary/aromatic N) is 6. The largest absolute Gasteiger partial charge is 0.506 e. The molecule has 5 rings (SSSR count). The third-order valence-electron chi connectivity index (χ3n) is 7.82. The molecule has 2 aliphatic heterocycles. The molecule has 2 N–H and O–H groups in total. The van der Waals surface area contributed by atoms with Crippen LogP contribution in [0.1, 0.15) is 36.6 Å². The molecular formula is C31H27Cl4FN6O3. The van der Waals surface area contributed by atoms with Crippen molar-refractivity contribution in [2.75, 3.05) is 31.1 Å². The van der Waals surface area contributed by atoms with Crippen LogP contribution in [0.25, 0.3) is 17.0 Å². The van der Waals surface area contributed by atoms with Gasteiger partial charge in [0.2, 0.25) is 5.91 Å². The second kappa shape index (κ2) is 12.7. The van der Waals surface area contributed by atoms with E-state index in [1.807, 2.05) is 25.7 Å². The van der Waals surface area contributed by atoms with E-state index in [9.17, 15) is 24.7 Å². The topological polar surface area (TPSA) is 117 Å². The summed E-state index contributed by atoms with van der Waals surface area (Å²) in [7, 11) is 0. The molecule has 4 heterocycles. The number of aryl methyl sites for hydroxylation is 1. The Morgan fingerprint density at radius 2 is 1.84 bits per heavy atom. The number of rotatable bonds is 5. The molecule has 1 saturated heterocycles. The maximum atomic E-state index is 14.6. The number of nitriles is 1. The van der Waals surface area contributed by atoms with Gasteiger partial charge in [-0.15, -0.1) is 0 Å². The smallest absolute Gasteiger partial charge is 0.246 e. The second-order valence-corrected chi connectivity index (χ2v) is 12.4. The maximum Gasteiger partial charge on any atom is 0.246 e. The number of amides is 1. The summed E-state index contributed by atoms with van der Waals surface area (Å²) < 4.78 is 14.6. The average molecular weight is 692 g/mol. The minimum absolute atomic E-state index is 0.0247. The van der Waals surface area contributed by atoms with Crippen LogP contribution in [-0.2, 0) is 4.79 Å². The lowest BCUT2D eigenvalue weighted by Crippen LogP contribution is -2.49. The van der Waals surface area contributed by atoms with E-state index in [1.54, 1.807) is 17.2 Å². The number of aliphatic hydroxyl groups is 1. The Kier molecular flexibility index (Phi) is 9.23. The van der Waals surface area contributed by atoms with Gasteiger partial charge in [0.25, 0.3) is 0 Å². The van der Waals surface area contributed by atoms with Gasteiger partial charge in [-0.1, -0.05) is 66.8 Å². The van der Waals surface area contributed by atoms with Crippen molar-refractivity contribution >= 4 is 69.5 Å². The first-order valence-corrected chi connectivity index (χ1v) is 15.3. The number of phenols is 1. The van der Waals surface area contributed by atoms with Crippen LogP contribution in [-0.4, -0.2) is 68.3 Å². The normalized spacial score (nSPS) is 16.6.